The molecule has 0 aliphatic rings. The van der Waals surface area contributed by atoms with Gasteiger partial charge in [-0.2, -0.15) is 0 Å². The first-order valence-corrected chi connectivity index (χ1v) is 4.09. The van der Waals surface area contributed by atoms with E-state index in [1.54, 1.807) is 0 Å². The highest BCUT2D eigenvalue weighted by Crippen LogP contribution is 2.01. The molecule has 0 saturated carbocycles. The van der Waals surface area contributed by atoms with Gasteiger partial charge in [-0.3, -0.25) is 0 Å². The lowest BCUT2D eigenvalue weighted by atomic mass is 10.2. The maximum atomic E-state index is 2.18. The number of nitrogens with zero attached hydrogens (tertiary/aromatic N) is 1. The zero-order valence-corrected chi connectivity index (χ0v) is 8.31. The molecule has 0 N–H and O–H groups in total. The summed E-state index contributed by atoms with van der Waals surface area (Å²) in [6.45, 7) is 6.43. The van der Waals surface area contributed by atoms with Gasteiger partial charge < -0.3 is 4.90 Å². The summed E-state index contributed by atoms with van der Waals surface area (Å²) in [5, 5.41) is 0. The van der Waals surface area contributed by atoms with Crippen molar-refractivity contribution in [1.29, 1.82) is 0 Å². The summed E-state index contributed by atoms with van der Waals surface area (Å²) in [6.07, 6.45) is 5.46. The molecule has 0 unspecified atom stereocenters. The minimum absolute atomic E-state index is 1.14. The van der Waals surface area contributed by atoms with Gasteiger partial charge in [-0.15, -0.1) is 0 Å². The molecule has 0 saturated heterocycles. The standard InChI is InChI=1S/C10H19N/c1-6-9(2)7-8-10(3)11(4)5/h7-8H,6H2,1-5H3/b9-7-,10-8+. The summed E-state index contributed by atoms with van der Waals surface area (Å²) in [6, 6.07) is 0. The van der Waals surface area contributed by atoms with Crippen LogP contribution in [0.2, 0.25) is 0 Å². The van der Waals surface area contributed by atoms with E-state index in [9.17, 15) is 0 Å². The summed E-state index contributed by atoms with van der Waals surface area (Å²) in [4.78, 5) is 2.11. The Morgan fingerprint density at radius 3 is 2.09 bits per heavy atom. The summed E-state index contributed by atoms with van der Waals surface area (Å²) >= 11 is 0. The minimum atomic E-state index is 1.14. The third-order valence-electron chi connectivity index (χ3n) is 1.87. The van der Waals surface area contributed by atoms with Gasteiger partial charge in [-0.1, -0.05) is 18.6 Å². The third kappa shape index (κ3) is 4.65. The highest BCUT2D eigenvalue weighted by atomic mass is 15.1. The molecule has 0 aliphatic carbocycles. The lowest BCUT2D eigenvalue weighted by molar-refractivity contribution is 0.514. The molecule has 0 fully saturated rings. The molecule has 0 aromatic rings. The Balaban J connectivity index is 4.11. The molecule has 11 heavy (non-hydrogen) atoms. The lowest BCUT2D eigenvalue weighted by Gasteiger charge is -2.11. The average molecular weight is 153 g/mol. The van der Waals surface area contributed by atoms with Crippen LogP contribution in [-0.2, 0) is 0 Å². The predicted molar refractivity (Wildman–Crippen MR) is 51.5 cm³/mol. The van der Waals surface area contributed by atoms with E-state index in [1.807, 2.05) is 0 Å². The Kier molecular flexibility index (Phi) is 4.67. The van der Waals surface area contributed by atoms with Crippen LogP contribution >= 0.6 is 0 Å². The van der Waals surface area contributed by atoms with Crippen LogP contribution in [0.15, 0.2) is 23.4 Å². The zero-order chi connectivity index (χ0) is 8.85. The van der Waals surface area contributed by atoms with Gasteiger partial charge in [0.15, 0.2) is 0 Å². The maximum absolute atomic E-state index is 2.18. The Morgan fingerprint density at radius 1 is 1.18 bits per heavy atom. The van der Waals surface area contributed by atoms with Gasteiger partial charge in [-0.25, -0.2) is 0 Å². The average Bonchev–Trinajstić information content (AvgIpc) is 1.99. The van der Waals surface area contributed by atoms with Gasteiger partial charge in [0.1, 0.15) is 0 Å². The van der Waals surface area contributed by atoms with Gasteiger partial charge in [0, 0.05) is 19.8 Å². The Labute approximate surface area is 70.4 Å². The van der Waals surface area contributed by atoms with E-state index in [1.165, 1.54) is 11.3 Å². The molecule has 0 atom stereocenters. The Hall–Kier alpha value is -0.720. The van der Waals surface area contributed by atoms with Crippen LogP contribution in [0, 0.1) is 0 Å². The van der Waals surface area contributed by atoms with Crippen molar-refractivity contribution >= 4 is 0 Å². The summed E-state index contributed by atoms with van der Waals surface area (Å²) in [5.74, 6) is 0. The fourth-order valence-electron chi connectivity index (χ4n) is 0.530. The second-order valence-electron chi connectivity index (χ2n) is 3.07. The Morgan fingerprint density at radius 2 is 1.73 bits per heavy atom. The topological polar surface area (TPSA) is 3.24 Å². The number of hydrogen-bond acceptors (Lipinski definition) is 1. The second kappa shape index (κ2) is 5.00. The predicted octanol–water partition coefficient (Wildman–Crippen LogP) is 2.81. The van der Waals surface area contributed by atoms with Crippen molar-refractivity contribution in [3.63, 3.8) is 0 Å². The van der Waals surface area contributed by atoms with Crippen molar-refractivity contribution in [2.24, 2.45) is 0 Å². The van der Waals surface area contributed by atoms with E-state index >= 15 is 0 Å². The first-order chi connectivity index (χ1) is 5.07. The van der Waals surface area contributed by atoms with Crippen LogP contribution in [0.3, 0.4) is 0 Å². The third-order valence-corrected chi connectivity index (χ3v) is 1.87. The normalized spacial score (nSPS) is 13.5. The van der Waals surface area contributed by atoms with E-state index in [4.69, 9.17) is 0 Å². The quantitative estimate of drug-likeness (QED) is 0.563. The van der Waals surface area contributed by atoms with Crippen molar-refractivity contribution in [3.05, 3.63) is 23.4 Å². The van der Waals surface area contributed by atoms with Gasteiger partial charge >= 0.3 is 0 Å². The molecule has 0 radical (unpaired) electrons. The molecule has 1 nitrogen and oxygen atoms in total. The molecule has 0 aromatic heterocycles. The van der Waals surface area contributed by atoms with Crippen LogP contribution in [-0.4, -0.2) is 19.0 Å². The lowest BCUT2D eigenvalue weighted by Crippen LogP contribution is -2.07. The number of hydrogen-bond donors (Lipinski definition) is 0. The molecule has 0 heterocycles. The molecule has 0 aromatic carbocycles. The SMILES string of the molecule is CC/C(C)=C\C=C(/C)N(C)C. The molecule has 0 rings (SSSR count). The van der Waals surface area contributed by atoms with Crippen LogP contribution in [0.1, 0.15) is 27.2 Å². The largest absolute Gasteiger partial charge is 0.381 e. The zero-order valence-electron chi connectivity index (χ0n) is 8.31. The molecule has 1 heteroatoms. The van der Waals surface area contributed by atoms with Gasteiger partial charge in [-0.05, 0) is 26.3 Å². The number of allylic oxidation sites excluding steroid dienone is 4. The minimum Gasteiger partial charge on any atom is -0.381 e. The van der Waals surface area contributed by atoms with E-state index in [0.29, 0.717) is 0 Å². The highest BCUT2D eigenvalue weighted by molar-refractivity contribution is 5.14. The molecule has 64 valence electrons. The fraction of sp³-hybridized carbons (Fsp3) is 0.600. The summed E-state index contributed by atoms with van der Waals surface area (Å²) < 4.78 is 0. The van der Waals surface area contributed by atoms with E-state index < -0.39 is 0 Å². The van der Waals surface area contributed by atoms with Crippen LogP contribution < -0.4 is 0 Å². The first-order valence-electron chi connectivity index (χ1n) is 4.09. The molecular formula is C10H19N. The molecule has 0 spiro atoms. The van der Waals surface area contributed by atoms with Crippen LogP contribution in [0.5, 0.6) is 0 Å². The smallest absolute Gasteiger partial charge is 0.00958 e. The second-order valence-corrected chi connectivity index (χ2v) is 3.07. The highest BCUT2D eigenvalue weighted by Gasteiger charge is 1.87. The number of rotatable bonds is 3. The molecular weight excluding hydrogens is 134 g/mol. The van der Waals surface area contributed by atoms with Crippen LogP contribution in [0.4, 0.5) is 0 Å². The fourth-order valence-corrected chi connectivity index (χ4v) is 0.530. The van der Waals surface area contributed by atoms with Crippen molar-refractivity contribution in [2.75, 3.05) is 14.1 Å². The maximum Gasteiger partial charge on any atom is 0.00958 e. The van der Waals surface area contributed by atoms with Gasteiger partial charge in [0.05, 0.1) is 0 Å². The van der Waals surface area contributed by atoms with Gasteiger partial charge in [0.25, 0.3) is 0 Å². The van der Waals surface area contributed by atoms with Crippen molar-refractivity contribution in [2.45, 2.75) is 27.2 Å². The van der Waals surface area contributed by atoms with E-state index in [0.717, 1.165) is 6.42 Å². The van der Waals surface area contributed by atoms with Crippen molar-refractivity contribution in [3.8, 4) is 0 Å². The first kappa shape index (κ1) is 10.3. The summed E-state index contributed by atoms with van der Waals surface area (Å²) in [7, 11) is 4.11. The van der Waals surface area contributed by atoms with E-state index in [-0.39, 0.29) is 0 Å². The monoisotopic (exact) mass is 153 g/mol. The van der Waals surface area contributed by atoms with Crippen molar-refractivity contribution < 1.29 is 0 Å². The van der Waals surface area contributed by atoms with Crippen LogP contribution in [0.25, 0.3) is 0 Å². The van der Waals surface area contributed by atoms with Gasteiger partial charge in [0.2, 0.25) is 0 Å². The Bertz CT molecular complexity index is 164. The summed E-state index contributed by atoms with van der Waals surface area (Å²) in [5.41, 5.74) is 2.71. The molecule has 0 aliphatic heterocycles. The molecule has 0 amide bonds. The van der Waals surface area contributed by atoms with E-state index in [2.05, 4.69) is 51.9 Å². The molecule has 0 bridgehead atoms. The van der Waals surface area contributed by atoms with Crippen molar-refractivity contribution in [1.82, 2.24) is 4.90 Å².